The second-order valence-corrected chi connectivity index (χ2v) is 5.58. The van der Waals surface area contributed by atoms with Gasteiger partial charge in [-0.15, -0.1) is 0 Å². The van der Waals surface area contributed by atoms with Crippen LogP contribution in [0.15, 0.2) is 34.9 Å². The lowest BCUT2D eigenvalue weighted by Crippen LogP contribution is -2.16. The molecule has 0 saturated heterocycles. The molecule has 1 N–H and O–H groups in total. The average Bonchev–Trinajstić information content (AvgIpc) is 3.16. The normalized spacial score (nSPS) is 14.5. The van der Waals surface area contributed by atoms with Crippen LogP contribution in [0.1, 0.15) is 35.3 Å². The van der Waals surface area contributed by atoms with Gasteiger partial charge in [-0.1, -0.05) is 12.1 Å². The van der Waals surface area contributed by atoms with E-state index in [1.165, 1.54) is 24.0 Å². The number of furan rings is 1. The fraction of sp³-hybridized carbons (Fsp3) is 0.412. The van der Waals surface area contributed by atoms with E-state index in [2.05, 4.69) is 37.4 Å². The van der Waals surface area contributed by atoms with Crippen LogP contribution in [-0.2, 0) is 13.2 Å². The van der Waals surface area contributed by atoms with Crippen LogP contribution in [0.3, 0.4) is 0 Å². The number of nitrogens with one attached hydrogen (secondary N) is 1. The Morgan fingerprint density at radius 1 is 1.25 bits per heavy atom. The Bertz CT molecular complexity index is 584. The molecule has 1 aromatic carbocycles. The monoisotopic (exact) mass is 271 g/mol. The van der Waals surface area contributed by atoms with Crippen LogP contribution in [0.5, 0.6) is 5.75 Å². The van der Waals surface area contributed by atoms with Crippen molar-refractivity contribution in [2.45, 2.75) is 45.9 Å². The van der Waals surface area contributed by atoms with Crippen molar-refractivity contribution in [3.63, 3.8) is 0 Å². The first-order chi connectivity index (χ1) is 9.72. The standard InChI is InChI=1S/C17H21NO2/c1-12-3-4-13(2)16(9-12)20-11-17-14(7-8-19-17)10-18-15-5-6-15/h3-4,7-9,15,18H,5-6,10-11H2,1-2H3. The summed E-state index contributed by atoms with van der Waals surface area (Å²) in [4.78, 5) is 0. The van der Waals surface area contributed by atoms with Crippen LogP contribution >= 0.6 is 0 Å². The van der Waals surface area contributed by atoms with Gasteiger partial charge in [0.1, 0.15) is 18.1 Å². The highest BCUT2D eigenvalue weighted by Crippen LogP contribution is 2.23. The third kappa shape index (κ3) is 3.23. The smallest absolute Gasteiger partial charge is 0.146 e. The SMILES string of the molecule is Cc1ccc(C)c(OCc2occc2CNC2CC2)c1. The molecule has 0 spiro atoms. The average molecular weight is 271 g/mol. The lowest BCUT2D eigenvalue weighted by atomic mass is 10.1. The third-order valence-electron chi connectivity index (χ3n) is 3.70. The van der Waals surface area contributed by atoms with Crippen molar-refractivity contribution in [3.05, 3.63) is 53.0 Å². The summed E-state index contributed by atoms with van der Waals surface area (Å²) in [6.45, 7) is 5.49. The van der Waals surface area contributed by atoms with Crippen molar-refractivity contribution < 1.29 is 9.15 Å². The van der Waals surface area contributed by atoms with Gasteiger partial charge in [0.05, 0.1) is 6.26 Å². The van der Waals surface area contributed by atoms with Gasteiger partial charge in [-0.25, -0.2) is 0 Å². The molecule has 3 nitrogen and oxygen atoms in total. The molecule has 0 atom stereocenters. The number of aryl methyl sites for hydroxylation is 2. The van der Waals surface area contributed by atoms with E-state index in [4.69, 9.17) is 9.15 Å². The summed E-state index contributed by atoms with van der Waals surface area (Å²) in [5, 5.41) is 3.50. The molecule has 1 saturated carbocycles. The molecule has 0 radical (unpaired) electrons. The molecule has 20 heavy (non-hydrogen) atoms. The Balaban J connectivity index is 1.62. The zero-order valence-electron chi connectivity index (χ0n) is 12.1. The van der Waals surface area contributed by atoms with Gasteiger partial charge in [0, 0.05) is 18.2 Å². The van der Waals surface area contributed by atoms with Crippen LogP contribution in [0.25, 0.3) is 0 Å². The molecular weight excluding hydrogens is 250 g/mol. The number of benzene rings is 1. The lowest BCUT2D eigenvalue weighted by Gasteiger charge is -2.10. The van der Waals surface area contributed by atoms with E-state index in [1.807, 2.05) is 6.07 Å². The number of hydrogen-bond acceptors (Lipinski definition) is 3. The van der Waals surface area contributed by atoms with Crippen molar-refractivity contribution in [2.75, 3.05) is 0 Å². The first-order valence-corrected chi connectivity index (χ1v) is 7.21. The maximum atomic E-state index is 5.90. The molecular formula is C17H21NO2. The second-order valence-electron chi connectivity index (χ2n) is 5.58. The highest BCUT2D eigenvalue weighted by Gasteiger charge is 2.21. The molecule has 1 fully saturated rings. The second kappa shape index (κ2) is 5.71. The van der Waals surface area contributed by atoms with Gasteiger partial charge in [0.2, 0.25) is 0 Å². The van der Waals surface area contributed by atoms with Crippen molar-refractivity contribution in [1.29, 1.82) is 0 Å². The van der Waals surface area contributed by atoms with E-state index in [-0.39, 0.29) is 0 Å². The zero-order valence-corrected chi connectivity index (χ0v) is 12.1. The summed E-state index contributed by atoms with van der Waals surface area (Å²) in [5.41, 5.74) is 3.56. The Morgan fingerprint density at radius 2 is 2.10 bits per heavy atom. The van der Waals surface area contributed by atoms with E-state index in [9.17, 15) is 0 Å². The minimum Gasteiger partial charge on any atom is -0.485 e. The van der Waals surface area contributed by atoms with E-state index >= 15 is 0 Å². The van der Waals surface area contributed by atoms with Crippen molar-refractivity contribution >= 4 is 0 Å². The molecule has 0 aliphatic heterocycles. The Labute approximate surface area is 119 Å². The summed E-state index contributed by atoms with van der Waals surface area (Å²) in [7, 11) is 0. The molecule has 1 heterocycles. The summed E-state index contributed by atoms with van der Waals surface area (Å²) >= 11 is 0. The maximum Gasteiger partial charge on any atom is 0.146 e. The molecule has 3 rings (SSSR count). The van der Waals surface area contributed by atoms with Gasteiger partial charge in [-0.05, 0) is 49.9 Å². The van der Waals surface area contributed by atoms with E-state index in [1.54, 1.807) is 6.26 Å². The molecule has 1 aromatic heterocycles. The van der Waals surface area contributed by atoms with Crippen LogP contribution in [0.4, 0.5) is 0 Å². The quantitative estimate of drug-likeness (QED) is 0.869. The Morgan fingerprint density at radius 3 is 2.90 bits per heavy atom. The molecule has 0 amide bonds. The largest absolute Gasteiger partial charge is 0.485 e. The maximum absolute atomic E-state index is 5.90. The highest BCUT2D eigenvalue weighted by atomic mass is 16.5. The van der Waals surface area contributed by atoms with E-state index in [0.717, 1.165) is 23.6 Å². The predicted molar refractivity (Wildman–Crippen MR) is 78.8 cm³/mol. The lowest BCUT2D eigenvalue weighted by molar-refractivity contribution is 0.266. The summed E-state index contributed by atoms with van der Waals surface area (Å²) in [6.07, 6.45) is 4.34. The molecule has 2 aromatic rings. The van der Waals surface area contributed by atoms with E-state index in [0.29, 0.717) is 12.6 Å². The topological polar surface area (TPSA) is 34.4 Å². The van der Waals surface area contributed by atoms with Gasteiger partial charge in [-0.3, -0.25) is 0 Å². The van der Waals surface area contributed by atoms with E-state index < -0.39 is 0 Å². The van der Waals surface area contributed by atoms with Crippen molar-refractivity contribution in [3.8, 4) is 5.75 Å². The third-order valence-corrected chi connectivity index (χ3v) is 3.70. The minimum atomic E-state index is 0.485. The summed E-state index contributed by atoms with van der Waals surface area (Å²) in [5.74, 6) is 1.85. The number of rotatable bonds is 6. The Kier molecular flexibility index (Phi) is 3.79. The molecule has 1 aliphatic rings. The fourth-order valence-electron chi connectivity index (χ4n) is 2.20. The van der Waals surface area contributed by atoms with Crippen LogP contribution in [0, 0.1) is 13.8 Å². The number of hydrogen-bond donors (Lipinski definition) is 1. The summed E-state index contributed by atoms with van der Waals surface area (Å²) in [6, 6.07) is 8.98. The molecule has 0 bridgehead atoms. The molecule has 3 heteroatoms. The van der Waals surface area contributed by atoms with Crippen LogP contribution in [-0.4, -0.2) is 6.04 Å². The summed E-state index contributed by atoms with van der Waals surface area (Å²) < 4.78 is 11.4. The first kappa shape index (κ1) is 13.3. The molecule has 0 unspecified atom stereocenters. The Hall–Kier alpha value is -1.74. The van der Waals surface area contributed by atoms with Crippen LogP contribution in [0.2, 0.25) is 0 Å². The van der Waals surface area contributed by atoms with Gasteiger partial charge in [-0.2, -0.15) is 0 Å². The van der Waals surface area contributed by atoms with Gasteiger partial charge in [0.15, 0.2) is 0 Å². The van der Waals surface area contributed by atoms with Crippen molar-refractivity contribution in [2.24, 2.45) is 0 Å². The molecule has 1 aliphatic carbocycles. The van der Waals surface area contributed by atoms with Gasteiger partial charge >= 0.3 is 0 Å². The predicted octanol–water partition coefficient (Wildman–Crippen LogP) is 3.73. The zero-order chi connectivity index (χ0) is 13.9. The van der Waals surface area contributed by atoms with Crippen molar-refractivity contribution in [1.82, 2.24) is 5.32 Å². The first-order valence-electron chi connectivity index (χ1n) is 7.21. The fourth-order valence-corrected chi connectivity index (χ4v) is 2.20. The number of ether oxygens (including phenoxy) is 1. The van der Waals surface area contributed by atoms with Gasteiger partial charge in [0.25, 0.3) is 0 Å². The highest BCUT2D eigenvalue weighted by molar-refractivity contribution is 5.36. The molecule has 106 valence electrons. The van der Waals surface area contributed by atoms with Gasteiger partial charge < -0.3 is 14.5 Å². The van der Waals surface area contributed by atoms with Crippen LogP contribution < -0.4 is 10.1 Å². The minimum absolute atomic E-state index is 0.485.